The van der Waals surface area contributed by atoms with Crippen molar-refractivity contribution in [3.63, 3.8) is 0 Å². The summed E-state index contributed by atoms with van der Waals surface area (Å²) in [4.78, 5) is 26.1. The van der Waals surface area contributed by atoms with Crippen molar-refractivity contribution >= 4 is 17.5 Å². The fraction of sp³-hybridized carbons (Fsp3) is 0.391. The zero-order valence-corrected chi connectivity index (χ0v) is 17.8. The van der Waals surface area contributed by atoms with Crippen molar-refractivity contribution < 1.29 is 19.1 Å². The zero-order chi connectivity index (χ0) is 21.4. The molecule has 6 nitrogen and oxygen atoms in total. The summed E-state index contributed by atoms with van der Waals surface area (Å²) < 4.78 is 10.8. The minimum atomic E-state index is -0.221. The van der Waals surface area contributed by atoms with Crippen LogP contribution in [0.25, 0.3) is 0 Å². The molecule has 2 amide bonds. The zero-order valence-electron chi connectivity index (χ0n) is 17.8. The Kier molecular flexibility index (Phi) is 8.07. The maximum atomic E-state index is 12.6. The van der Waals surface area contributed by atoms with Crippen molar-refractivity contribution in [1.82, 2.24) is 4.90 Å². The lowest BCUT2D eigenvalue weighted by Crippen LogP contribution is -2.39. The molecule has 2 aromatic carbocycles. The quantitative estimate of drug-likeness (QED) is 0.693. The number of carbonyl (C=O) groups excluding carboxylic acids is 2. The minimum absolute atomic E-state index is 0.0207. The van der Waals surface area contributed by atoms with Gasteiger partial charge in [-0.25, -0.2) is 0 Å². The molecular formula is C23H30N2O4. The van der Waals surface area contributed by atoms with Gasteiger partial charge in [0.05, 0.1) is 20.2 Å². The second kappa shape index (κ2) is 10.5. The molecule has 0 saturated carbocycles. The summed E-state index contributed by atoms with van der Waals surface area (Å²) in [6, 6.07) is 13.2. The number of benzene rings is 2. The third-order valence-electron chi connectivity index (χ3n) is 4.66. The van der Waals surface area contributed by atoms with E-state index >= 15 is 0 Å². The number of hydrogen-bond donors (Lipinski definition) is 1. The molecule has 0 heterocycles. The van der Waals surface area contributed by atoms with Crippen molar-refractivity contribution in [2.45, 2.75) is 33.6 Å². The monoisotopic (exact) mass is 398 g/mol. The molecule has 0 aliphatic rings. The van der Waals surface area contributed by atoms with E-state index in [-0.39, 0.29) is 24.3 Å². The maximum Gasteiger partial charge on any atom is 0.244 e. The first-order chi connectivity index (χ1) is 13.8. The second-order valence-electron chi connectivity index (χ2n) is 7.21. The summed E-state index contributed by atoms with van der Waals surface area (Å²) in [5.41, 5.74) is 2.91. The third-order valence-corrected chi connectivity index (χ3v) is 4.66. The van der Waals surface area contributed by atoms with Gasteiger partial charge in [-0.3, -0.25) is 9.59 Å². The molecule has 2 aromatic rings. The van der Waals surface area contributed by atoms with Crippen LogP contribution in [0.4, 0.5) is 5.69 Å². The molecule has 0 saturated heterocycles. The van der Waals surface area contributed by atoms with Crippen LogP contribution in [0.15, 0.2) is 42.5 Å². The Morgan fingerprint density at radius 2 is 1.72 bits per heavy atom. The number of hydrogen-bond acceptors (Lipinski definition) is 4. The van der Waals surface area contributed by atoms with Crippen LogP contribution in [0.3, 0.4) is 0 Å². The van der Waals surface area contributed by atoms with E-state index in [1.807, 2.05) is 25.1 Å². The van der Waals surface area contributed by atoms with E-state index in [1.165, 1.54) is 11.8 Å². The van der Waals surface area contributed by atoms with Gasteiger partial charge in [-0.1, -0.05) is 32.0 Å². The Bertz CT molecular complexity index is 831. The number of nitrogens with one attached hydrogen (secondary N) is 1. The van der Waals surface area contributed by atoms with Gasteiger partial charge in [0.25, 0.3) is 0 Å². The van der Waals surface area contributed by atoms with Gasteiger partial charge in [0.15, 0.2) is 0 Å². The van der Waals surface area contributed by atoms with Gasteiger partial charge in [0.2, 0.25) is 11.8 Å². The molecule has 1 N–H and O–H groups in total. The number of para-hydroxylation sites is 1. The molecule has 0 bridgehead atoms. The second-order valence-corrected chi connectivity index (χ2v) is 7.21. The standard InChI is InChI=1S/C23H30N2O4/c1-16(2)21-8-6-7-17(3)23(21)24-22(27)15-25(18(4)26)13-14-29-20-11-9-19(28-5)10-12-20/h6-12,16H,13-15H2,1-5H3,(H,24,27). The summed E-state index contributed by atoms with van der Waals surface area (Å²) in [6.45, 7) is 8.18. The fourth-order valence-electron chi connectivity index (χ4n) is 2.99. The molecule has 6 heteroatoms. The van der Waals surface area contributed by atoms with Gasteiger partial charge in [-0.15, -0.1) is 0 Å². The third kappa shape index (κ3) is 6.52. The van der Waals surface area contributed by atoms with Crippen LogP contribution >= 0.6 is 0 Å². The first-order valence-electron chi connectivity index (χ1n) is 9.73. The van der Waals surface area contributed by atoms with Gasteiger partial charge in [-0.2, -0.15) is 0 Å². The SMILES string of the molecule is COc1ccc(OCCN(CC(=O)Nc2c(C)cccc2C(C)C)C(C)=O)cc1. The van der Waals surface area contributed by atoms with E-state index in [9.17, 15) is 9.59 Å². The van der Waals surface area contributed by atoms with Gasteiger partial charge >= 0.3 is 0 Å². The normalized spacial score (nSPS) is 10.6. The Morgan fingerprint density at radius 1 is 1.07 bits per heavy atom. The van der Waals surface area contributed by atoms with Crippen LogP contribution in [0.5, 0.6) is 11.5 Å². The number of rotatable bonds is 9. The molecule has 156 valence electrons. The number of carbonyl (C=O) groups is 2. The predicted molar refractivity (Wildman–Crippen MR) is 115 cm³/mol. The smallest absolute Gasteiger partial charge is 0.244 e. The van der Waals surface area contributed by atoms with Crippen LogP contribution in [-0.4, -0.2) is 43.5 Å². The average Bonchev–Trinajstić information content (AvgIpc) is 2.69. The molecule has 2 rings (SSSR count). The van der Waals surface area contributed by atoms with Gasteiger partial charge in [0.1, 0.15) is 18.1 Å². The number of nitrogens with zero attached hydrogens (tertiary/aromatic N) is 1. The van der Waals surface area contributed by atoms with Crippen LogP contribution in [0, 0.1) is 6.92 Å². The molecule has 0 spiro atoms. The van der Waals surface area contributed by atoms with Crippen LogP contribution < -0.4 is 14.8 Å². The summed E-state index contributed by atoms with van der Waals surface area (Å²) in [7, 11) is 1.60. The first kappa shape index (κ1) is 22.3. The van der Waals surface area contributed by atoms with Crippen LogP contribution in [0.1, 0.15) is 37.8 Å². The highest BCUT2D eigenvalue weighted by molar-refractivity contribution is 5.95. The molecule has 0 radical (unpaired) electrons. The highest BCUT2D eigenvalue weighted by atomic mass is 16.5. The van der Waals surface area contributed by atoms with Gasteiger partial charge in [0, 0.05) is 12.6 Å². The first-order valence-corrected chi connectivity index (χ1v) is 9.73. The lowest BCUT2D eigenvalue weighted by Gasteiger charge is -2.22. The number of anilines is 1. The van der Waals surface area contributed by atoms with E-state index in [4.69, 9.17) is 9.47 Å². The topological polar surface area (TPSA) is 67.9 Å². The lowest BCUT2D eigenvalue weighted by molar-refractivity contribution is -0.133. The van der Waals surface area contributed by atoms with Crippen molar-refractivity contribution in [3.05, 3.63) is 53.6 Å². The van der Waals surface area contributed by atoms with E-state index in [0.29, 0.717) is 18.9 Å². The minimum Gasteiger partial charge on any atom is -0.497 e. The van der Waals surface area contributed by atoms with E-state index < -0.39 is 0 Å². The summed E-state index contributed by atoms with van der Waals surface area (Å²) in [5.74, 6) is 1.32. The molecule has 0 unspecified atom stereocenters. The highest BCUT2D eigenvalue weighted by Gasteiger charge is 2.17. The predicted octanol–water partition coefficient (Wildman–Crippen LogP) is 3.99. The highest BCUT2D eigenvalue weighted by Crippen LogP contribution is 2.27. The van der Waals surface area contributed by atoms with E-state index in [1.54, 1.807) is 31.4 Å². The summed E-state index contributed by atoms with van der Waals surface area (Å²) >= 11 is 0. The number of aryl methyl sites for hydroxylation is 1. The fourth-order valence-corrected chi connectivity index (χ4v) is 2.99. The number of amides is 2. The van der Waals surface area contributed by atoms with E-state index in [0.717, 1.165) is 22.6 Å². The van der Waals surface area contributed by atoms with Crippen molar-refractivity contribution in [1.29, 1.82) is 0 Å². The molecule has 0 aromatic heterocycles. The molecular weight excluding hydrogens is 368 g/mol. The summed E-state index contributed by atoms with van der Waals surface area (Å²) in [5, 5.41) is 2.98. The van der Waals surface area contributed by atoms with Gasteiger partial charge < -0.3 is 19.7 Å². The lowest BCUT2D eigenvalue weighted by atomic mass is 9.98. The Labute approximate surface area is 172 Å². The van der Waals surface area contributed by atoms with Crippen LogP contribution in [0.2, 0.25) is 0 Å². The molecule has 0 fully saturated rings. The molecule has 29 heavy (non-hydrogen) atoms. The number of ether oxygens (including phenoxy) is 2. The summed E-state index contributed by atoms with van der Waals surface area (Å²) in [6.07, 6.45) is 0. The Morgan fingerprint density at radius 3 is 2.31 bits per heavy atom. The van der Waals surface area contributed by atoms with Gasteiger partial charge in [-0.05, 0) is 48.2 Å². The van der Waals surface area contributed by atoms with Crippen molar-refractivity contribution in [3.8, 4) is 11.5 Å². The molecule has 0 atom stereocenters. The number of methoxy groups -OCH3 is 1. The average molecular weight is 399 g/mol. The molecule has 0 aliphatic heterocycles. The van der Waals surface area contributed by atoms with Crippen molar-refractivity contribution in [2.75, 3.05) is 32.1 Å². The Hall–Kier alpha value is -3.02. The van der Waals surface area contributed by atoms with Crippen LogP contribution in [-0.2, 0) is 9.59 Å². The molecule has 0 aliphatic carbocycles. The van der Waals surface area contributed by atoms with Crippen molar-refractivity contribution in [2.24, 2.45) is 0 Å². The largest absolute Gasteiger partial charge is 0.497 e. The maximum absolute atomic E-state index is 12.6. The Balaban J connectivity index is 1.94. The van der Waals surface area contributed by atoms with E-state index in [2.05, 4.69) is 19.2 Å².